The second-order valence-corrected chi connectivity index (χ2v) is 7.16. The van der Waals surface area contributed by atoms with Gasteiger partial charge >= 0.3 is 0 Å². The standard InChI is InChI=1S/C22H18ClFN2O3/c1-14-4-6-15(7-5-14)18-12-19(21-3-2-10-28-21)26(25-18)22(27)13-29-20-9-8-16(24)11-17(20)23/h2-11,19H,12-13H2,1H3/t19-/m1/s1. The van der Waals surface area contributed by atoms with Crippen LogP contribution in [0.1, 0.15) is 29.3 Å². The van der Waals surface area contributed by atoms with Gasteiger partial charge in [0.05, 0.1) is 17.0 Å². The van der Waals surface area contributed by atoms with E-state index in [2.05, 4.69) is 5.10 Å². The molecule has 1 aromatic heterocycles. The molecule has 2 heterocycles. The van der Waals surface area contributed by atoms with Crippen molar-refractivity contribution >= 4 is 23.2 Å². The van der Waals surface area contributed by atoms with E-state index in [1.54, 1.807) is 12.3 Å². The summed E-state index contributed by atoms with van der Waals surface area (Å²) in [5, 5.41) is 6.02. The van der Waals surface area contributed by atoms with Crippen LogP contribution < -0.4 is 4.74 Å². The highest BCUT2D eigenvalue weighted by Crippen LogP contribution is 2.33. The highest BCUT2D eigenvalue weighted by atomic mass is 35.5. The van der Waals surface area contributed by atoms with Crippen molar-refractivity contribution in [2.45, 2.75) is 19.4 Å². The second-order valence-electron chi connectivity index (χ2n) is 6.75. The van der Waals surface area contributed by atoms with Crippen LogP contribution in [0.4, 0.5) is 4.39 Å². The molecule has 0 N–H and O–H groups in total. The maximum Gasteiger partial charge on any atom is 0.281 e. The molecule has 0 unspecified atom stereocenters. The fraction of sp³-hybridized carbons (Fsp3) is 0.182. The van der Waals surface area contributed by atoms with Crippen molar-refractivity contribution in [3.8, 4) is 5.75 Å². The van der Waals surface area contributed by atoms with Crippen molar-refractivity contribution in [3.05, 3.63) is 88.6 Å². The number of rotatable bonds is 5. The van der Waals surface area contributed by atoms with Crippen LogP contribution in [0.2, 0.25) is 5.02 Å². The van der Waals surface area contributed by atoms with Gasteiger partial charge in [0, 0.05) is 6.42 Å². The van der Waals surface area contributed by atoms with Crippen LogP contribution in [0.5, 0.6) is 5.75 Å². The molecule has 0 aliphatic carbocycles. The SMILES string of the molecule is Cc1ccc(C2=NN(C(=O)COc3ccc(F)cc3Cl)[C@@H](c3ccco3)C2)cc1. The van der Waals surface area contributed by atoms with Crippen molar-refractivity contribution in [2.75, 3.05) is 6.61 Å². The molecule has 0 saturated heterocycles. The van der Waals surface area contributed by atoms with Gasteiger partial charge in [-0.1, -0.05) is 41.4 Å². The summed E-state index contributed by atoms with van der Waals surface area (Å²) < 4.78 is 24.2. The summed E-state index contributed by atoms with van der Waals surface area (Å²) in [5.41, 5.74) is 2.89. The Balaban J connectivity index is 1.55. The summed E-state index contributed by atoms with van der Waals surface area (Å²) in [6.07, 6.45) is 2.09. The Hall–Kier alpha value is -3.12. The maximum atomic E-state index is 13.2. The van der Waals surface area contributed by atoms with Crippen molar-refractivity contribution < 1.29 is 18.3 Å². The Morgan fingerprint density at radius 2 is 2.07 bits per heavy atom. The van der Waals surface area contributed by atoms with Crippen LogP contribution in [0, 0.1) is 12.7 Å². The zero-order valence-corrected chi connectivity index (χ0v) is 16.4. The minimum Gasteiger partial charge on any atom is -0.482 e. The van der Waals surface area contributed by atoms with Crippen LogP contribution in [-0.4, -0.2) is 23.2 Å². The molecule has 7 heteroatoms. The molecule has 1 atom stereocenters. The monoisotopic (exact) mass is 412 g/mol. The zero-order valence-electron chi connectivity index (χ0n) is 15.6. The van der Waals surface area contributed by atoms with Gasteiger partial charge in [-0.15, -0.1) is 0 Å². The third-order valence-electron chi connectivity index (χ3n) is 4.67. The van der Waals surface area contributed by atoms with Gasteiger partial charge in [0.1, 0.15) is 23.4 Å². The molecule has 0 fully saturated rings. The molecule has 0 bridgehead atoms. The van der Waals surface area contributed by atoms with E-state index in [1.807, 2.05) is 37.3 Å². The van der Waals surface area contributed by atoms with Crippen molar-refractivity contribution in [1.82, 2.24) is 5.01 Å². The Morgan fingerprint density at radius 3 is 2.76 bits per heavy atom. The molecule has 1 aliphatic rings. The predicted molar refractivity (Wildman–Crippen MR) is 108 cm³/mol. The van der Waals surface area contributed by atoms with E-state index in [-0.39, 0.29) is 29.3 Å². The Kier molecular flexibility index (Phi) is 5.36. The molecule has 29 heavy (non-hydrogen) atoms. The third-order valence-corrected chi connectivity index (χ3v) is 4.96. The number of furan rings is 1. The Labute approximate surface area is 172 Å². The van der Waals surface area contributed by atoms with E-state index in [0.29, 0.717) is 12.2 Å². The molecule has 2 aromatic carbocycles. The van der Waals surface area contributed by atoms with E-state index >= 15 is 0 Å². The van der Waals surface area contributed by atoms with Gasteiger partial charge in [-0.25, -0.2) is 9.40 Å². The topological polar surface area (TPSA) is 55.0 Å². The molecular formula is C22H18ClFN2O3. The lowest BCUT2D eigenvalue weighted by molar-refractivity contribution is -0.135. The highest BCUT2D eigenvalue weighted by Gasteiger charge is 2.35. The Morgan fingerprint density at radius 1 is 1.28 bits per heavy atom. The number of carbonyl (C=O) groups is 1. The quantitative estimate of drug-likeness (QED) is 0.583. The molecule has 0 spiro atoms. The summed E-state index contributed by atoms with van der Waals surface area (Å²) in [6, 6.07) is 14.9. The molecule has 0 radical (unpaired) electrons. The Bertz CT molecular complexity index is 1050. The zero-order chi connectivity index (χ0) is 20.4. The number of hydrogen-bond acceptors (Lipinski definition) is 4. The average molecular weight is 413 g/mol. The second kappa shape index (κ2) is 8.09. The molecule has 1 amide bonds. The molecule has 148 valence electrons. The molecule has 0 saturated carbocycles. The summed E-state index contributed by atoms with van der Waals surface area (Å²) in [6.45, 7) is 1.73. The first-order valence-electron chi connectivity index (χ1n) is 9.09. The lowest BCUT2D eigenvalue weighted by Gasteiger charge is -2.20. The summed E-state index contributed by atoms with van der Waals surface area (Å²) in [4.78, 5) is 12.9. The van der Waals surface area contributed by atoms with Crippen LogP contribution in [-0.2, 0) is 4.79 Å². The first kappa shape index (κ1) is 19.2. The molecule has 1 aliphatic heterocycles. The fourth-order valence-electron chi connectivity index (χ4n) is 3.16. The minimum atomic E-state index is -0.474. The first-order valence-corrected chi connectivity index (χ1v) is 9.47. The molecule has 5 nitrogen and oxygen atoms in total. The smallest absolute Gasteiger partial charge is 0.281 e. The summed E-state index contributed by atoms with van der Waals surface area (Å²) >= 11 is 5.97. The third kappa shape index (κ3) is 4.17. The van der Waals surface area contributed by atoms with Crippen LogP contribution in [0.15, 0.2) is 70.4 Å². The maximum absolute atomic E-state index is 13.2. The van der Waals surface area contributed by atoms with Gasteiger partial charge in [-0.05, 0) is 42.8 Å². The van der Waals surface area contributed by atoms with Gasteiger partial charge in [0.2, 0.25) is 0 Å². The van der Waals surface area contributed by atoms with Crippen molar-refractivity contribution in [3.63, 3.8) is 0 Å². The van der Waals surface area contributed by atoms with E-state index < -0.39 is 5.82 Å². The number of amides is 1. The molecular weight excluding hydrogens is 395 g/mol. The van der Waals surface area contributed by atoms with E-state index in [4.69, 9.17) is 20.8 Å². The summed E-state index contributed by atoms with van der Waals surface area (Å²) in [5.74, 6) is 0.0503. The first-order chi connectivity index (χ1) is 14.0. The van der Waals surface area contributed by atoms with Crippen LogP contribution in [0.25, 0.3) is 0 Å². The van der Waals surface area contributed by atoms with Crippen molar-refractivity contribution in [2.24, 2.45) is 5.10 Å². The number of halogens is 2. The number of carbonyl (C=O) groups excluding carboxylic acids is 1. The van der Waals surface area contributed by atoms with Gasteiger partial charge in [0.25, 0.3) is 5.91 Å². The number of ether oxygens (including phenoxy) is 1. The van der Waals surface area contributed by atoms with Crippen LogP contribution in [0.3, 0.4) is 0 Å². The lowest BCUT2D eigenvalue weighted by atomic mass is 10.0. The van der Waals surface area contributed by atoms with Gasteiger partial charge in [-0.3, -0.25) is 4.79 Å². The van der Waals surface area contributed by atoms with Crippen molar-refractivity contribution in [1.29, 1.82) is 0 Å². The predicted octanol–water partition coefficient (Wildman–Crippen LogP) is 5.14. The number of hydrazone groups is 1. The van der Waals surface area contributed by atoms with Gasteiger partial charge < -0.3 is 9.15 Å². The van der Waals surface area contributed by atoms with Crippen LogP contribution >= 0.6 is 11.6 Å². The largest absolute Gasteiger partial charge is 0.482 e. The summed E-state index contributed by atoms with van der Waals surface area (Å²) in [7, 11) is 0. The number of aryl methyl sites for hydroxylation is 1. The number of benzene rings is 2. The highest BCUT2D eigenvalue weighted by molar-refractivity contribution is 6.32. The average Bonchev–Trinajstić information content (AvgIpc) is 3.37. The van der Waals surface area contributed by atoms with E-state index in [1.165, 1.54) is 17.1 Å². The van der Waals surface area contributed by atoms with E-state index in [9.17, 15) is 9.18 Å². The fourth-order valence-corrected chi connectivity index (χ4v) is 3.38. The molecule has 3 aromatic rings. The lowest BCUT2D eigenvalue weighted by Crippen LogP contribution is -2.31. The number of nitrogens with zero attached hydrogens (tertiary/aromatic N) is 2. The van der Waals surface area contributed by atoms with E-state index in [0.717, 1.165) is 22.9 Å². The van der Waals surface area contributed by atoms with Gasteiger partial charge in [0.15, 0.2) is 6.61 Å². The number of hydrogen-bond donors (Lipinski definition) is 0. The molecule has 4 rings (SSSR count). The normalized spacial score (nSPS) is 16.0. The van der Waals surface area contributed by atoms with Gasteiger partial charge in [-0.2, -0.15) is 5.10 Å². The minimum absolute atomic E-state index is 0.102.